The van der Waals surface area contributed by atoms with Crippen LogP contribution < -0.4 is 5.73 Å². The van der Waals surface area contributed by atoms with Gasteiger partial charge in [0.25, 0.3) is 0 Å². The molecule has 4 nitrogen and oxygen atoms in total. The first kappa shape index (κ1) is 13.9. The highest BCUT2D eigenvalue weighted by atomic mass is 32.2. The fraction of sp³-hybridized carbons (Fsp3) is 1.00. The van der Waals surface area contributed by atoms with Crippen molar-refractivity contribution in [3.63, 3.8) is 0 Å². The van der Waals surface area contributed by atoms with E-state index in [0.717, 1.165) is 25.9 Å². The molecule has 5 heteroatoms. The minimum absolute atomic E-state index is 0.247. The van der Waals surface area contributed by atoms with Crippen LogP contribution in [0.4, 0.5) is 0 Å². The second kappa shape index (κ2) is 5.47. The maximum atomic E-state index is 11.6. The van der Waals surface area contributed by atoms with Gasteiger partial charge in [-0.3, -0.25) is 4.90 Å². The van der Waals surface area contributed by atoms with Crippen LogP contribution in [-0.2, 0) is 9.84 Å². The molecule has 1 heterocycles. The van der Waals surface area contributed by atoms with Crippen LogP contribution in [0.25, 0.3) is 0 Å². The van der Waals surface area contributed by atoms with Crippen LogP contribution in [0.3, 0.4) is 0 Å². The summed E-state index contributed by atoms with van der Waals surface area (Å²) in [5, 5.41) is 0. The van der Waals surface area contributed by atoms with Gasteiger partial charge in [0.1, 0.15) is 0 Å². The molecule has 0 aromatic carbocycles. The zero-order chi connectivity index (χ0) is 12.2. The first-order chi connectivity index (χ1) is 7.49. The Labute approximate surface area is 99.1 Å². The van der Waals surface area contributed by atoms with Crippen molar-refractivity contribution in [2.75, 3.05) is 31.1 Å². The first-order valence-electron chi connectivity index (χ1n) is 6.15. The third-order valence-corrected chi connectivity index (χ3v) is 5.21. The smallest absolute Gasteiger partial charge is 0.152 e. The third kappa shape index (κ3) is 2.96. The third-order valence-electron chi connectivity index (χ3n) is 3.40. The molecule has 2 N–H and O–H groups in total. The molecule has 0 aromatic heterocycles. The second-order valence-corrected chi connectivity index (χ2v) is 6.94. The molecule has 0 aliphatic carbocycles. The monoisotopic (exact) mass is 248 g/mol. The van der Waals surface area contributed by atoms with Crippen molar-refractivity contribution in [2.45, 2.75) is 38.6 Å². The Morgan fingerprint density at radius 2 is 1.81 bits per heavy atom. The number of hydrogen-bond acceptors (Lipinski definition) is 4. The van der Waals surface area contributed by atoms with Crippen LogP contribution in [0.15, 0.2) is 0 Å². The van der Waals surface area contributed by atoms with Gasteiger partial charge in [0.2, 0.25) is 0 Å². The van der Waals surface area contributed by atoms with Gasteiger partial charge in [-0.25, -0.2) is 8.42 Å². The SMILES string of the molecule is CCCN(CCC)C1(CN)CCS(=O)(=O)C1. The molecular formula is C11H24N2O2S. The minimum Gasteiger partial charge on any atom is -0.329 e. The van der Waals surface area contributed by atoms with E-state index in [2.05, 4.69) is 18.7 Å². The Kier molecular flexibility index (Phi) is 4.76. The summed E-state index contributed by atoms with van der Waals surface area (Å²) >= 11 is 0. The molecule has 0 aromatic rings. The van der Waals surface area contributed by atoms with E-state index in [0.29, 0.717) is 18.7 Å². The van der Waals surface area contributed by atoms with E-state index in [1.807, 2.05) is 0 Å². The molecule has 1 aliphatic heterocycles. The van der Waals surface area contributed by atoms with E-state index in [1.54, 1.807) is 0 Å². The van der Waals surface area contributed by atoms with Crippen LogP contribution in [0.2, 0.25) is 0 Å². The van der Waals surface area contributed by atoms with Crippen LogP contribution >= 0.6 is 0 Å². The van der Waals surface area contributed by atoms with Crippen molar-refractivity contribution in [1.82, 2.24) is 4.90 Å². The molecular weight excluding hydrogens is 224 g/mol. The largest absolute Gasteiger partial charge is 0.329 e. The van der Waals surface area contributed by atoms with Crippen molar-refractivity contribution < 1.29 is 8.42 Å². The average Bonchev–Trinajstić information content (AvgIpc) is 2.55. The molecule has 1 atom stereocenters. The van der Waals surface area contributed by atoms with Gasteiger partial charge in [0.15, 0.2) is 9.84 Å². The summed E-state index contributed by atoms with van der Waals surface area (Å²) in [6, 6.07) is 0. The zero-order valence-electron chi connectivity index (χ0n) is 10.4. The van der Waals surface area contributed by atoms with Gasteiger partial charge in [-0.1, -0.05) is 13.8 Å². The fourth-order valence-corrected chi connectivity index (χ4v) is 4.66. The molecule has 1 unspecified atom stereocenters. The van der Waals surface area contributed by atoms with E-state index < -0.39 is 9.84 Å². The Morgan fingerprint density at radius 1 is 1.25 bits per heavy atom. The summed E-state index contributed by atoms with van der Waals surface area (Å²) in [5.74, 6) is 0.546. The summed E-state index contributed by atoms with van der Waals surface area (Å²) in [7, 11) is -2.87. The predicted molar refractivity (Wildman–Crippen MR) is 67.2 cm³/mol. The van der Waals surface area contributed by atoms with Crippen molar-refractivity contribution in [1.29, 1.82) is 0 Å². The Bertz CT molecular complexity index is 310. The highest BCUT2D eigenvalue weighted by Crippen LogP contribution is 2.29. The zero-order valence-corrected chi connectivity index (χ0v) is 11.2. The van der Waals surface area contributed by atoms with E-state index in [4.69, 9.17) is 5.73 Å². The molecule has 16 heavy (non-hydrogen) atoms. The summed E-state index contributed by atoms with van der Waals surface area (Å²) in [5.41, 5.74) is 5.56. The van der Waals surface area contributed by atoms with Crippen molar-refractivity contribution >= 4 is 9.84 Å². The summed E-state index contributed by atoms with van der Waals surface area (Å²) < 4.78 is 23.3. The Hall–Kier alpha value is -0.130. The Morgan fingerprint density at radius 3 is 2.12 bits per heavy atom. The summed E-state index contributed by atoms with van der Waals surface area (Å²) in [6.07, 6.45) is 2.79. The maximum absolute atomic E-state index is 11.6. The van der Waals surface area contributed by atoms with Crippen LogP contribution in [0.1, 0.15) is 33.1 Å². The van der Waals surface area contributed by atoms with E-state index in [1.165, 1.54) is 0 Å². The summed E-state index contributed by atoms with van der Waals surface area (Å²) in [4.78, 5) is 2.29. The van der Waals surface area contributed by atoms with Gasteiger partial charge in [-0.15, -0.1) is 0 Å². The molecule has 0 bridgehead atoms. The number of nitrogens with zero attached hydrogens (tertiary/aromatic N) is 1. The lowest BCUT2D eigenvalue weighted by atomic mass is 9.96. The number of hydrogen-bond donors (Lipinski definition) is 1. The van der Waals surface area contributed by atoms with Gasteiger partial charge in [0.05, 0.1) is 11.5 Å². The van der Waals surface area contributed by atoms with Gasteiger partial charge in [-0.05, 0) is 32.4 Å². The van der Waals surface area contributed by atoms with E-state index >= 15 is 0 Å². The van der Waals surface area contributed by atoms with Gasteiger partial charge in [0, 0.05) is 12.1 Å². The topological polar surface area (TPSA) is 63.4 Å². The molecule has 0 radical (unpaired) electrons. The van der Waals surface area contributed by atoms with Crippen molar-refractivity contribution in [3.05, 3.63) is 0 Å². The Balaban J connectivity index is 2.85. The van der Waals surface area contributed by atoms with Crippen molar-refractivity contribution in [3.8, 4) is 0 Å². The highest BCUT2D eigenvalue weighted by Gasteiger charge is 2.44. The fourth-order valence-electron chi connectivity index (χ4n) is 2.56. The van der Waals surface area contributed by atoms with E-state index in [9.17, 15) is 8.42 Å². The molecule has 1 aliphatic rings. The molecule has 1 saturated heterocycles. The molecule has 1 rings (SSSR count). The van der Waals surface area contributed by atoms with Crippen LogP contribution in [0, 0.1) is 0 Å². The molecule has 1 fully saturated rings. The van der Waals surface area contributed by atoms with Gasteiger partial charge < -0.3 is 5.73 Å². The predicted octanol–water partition coefficient (Wildman–Crippen LogP) is 0.624. The molecule has 0 saturated carbocycles. The van der Waals surface area contributed by atoms with E-state index in [-0.39, 0.29) is 11.3 Å². The number of rotatable bonds is 6. The van der Waals surface area contributed by atoms with Crippen LogP contribution in [-0.4, -0.2) is 50.0 Å². The normalized spacial score (nSPS) is 28.8. The standard InChI is InChI=1S/C11H24N2O2S/c1-3-6-13(7-4-2)11(9-12)5-8-16(14,15)10-11/h3-10,12H2,1-2H3. The highest BCUT2D eigenvalue weighted by molar-refractivity contribution is 7.91. The lowest BCUT2D eigenvalue weighted by Crippen LogP contribution is -2.55. The first-order valence-corrected chi connectivity index (χ1v) is 7.97. The molecule has 0 amide bonds. The van der Waals surface area contributed by atoms with Gasteiger partial charge >= 0.3 is 0 Å². The summed E-state index contributed by atoms with van der Waals surface area (Å²) in [6.45, 7) is 6.58. The lowest BCUT2D eigenvalue weighted by Gasteiger charge is -2.39. The van der Waals surface area contributed by atoms with Crippen LogP contribution in [0.5, 0.6) is 0 Å². The molecule has 96 valence electrons. The quantitative estimate of drug-likeness (QED) is 0.748. The molecule has 0 spiro atoms. The second-order valence-electron chi connectivity index (χ2n) is 4.76. The maximum Gasteiger partial charge on any atom is 0.152 e. The van der Waals surface area contributed by atoms with Crippen molar-refractivity contribution in [2.24, 2.45) is 5.73 Å². The van der Waals surface area contributed by atoms with Gasteiger partial charge in [-0.2, -0.15) is 0 Å². The number of nitrogens with two attached hydrogens (primary N) is 1. The minimum atomic E-state index is -2.87. The lowest BCUT2D eigenvalue weighted by molar-refractivity contribution is 0.116. The number of sulfone groups is 1. The average molecular weight is 248 g/mol.